The maximum absolute atomic E-state index is 12.4. The van der Waals surface area contributed by atoms with Crippen molar-refractivity contribution in [3.63, 3.8) is 0 Å². The Labute approximate surface area is 158 Å². The second-order valence-corrected chi connectivity index (χ2v) is 7.10. The first-order valence-corrected chi connectivity index (χ1v) is 9.06. The predicted molar refractivity (Wildman–Crippen MR) is 98.6 cm³/mol. The van der Waals surface area contributed by atoms with Crippen LogP contribution in [-0.4, -0.2) is 37.4 Å². The number of hydrogen-bond acceptors (Lipinski definition) is 3. The Morgan fingerprint density at radius 3 is 1.96 bits per heavy atom. The zero-order chi connectivity index (χ0) is 17.9. The highest BCUT2D eigenvalue weighted by molar-refractivity contribution is 14.1. The summed E-state index contributed by atoms with van der Waals surface area (Å²) in [4.78, 5) is 2.35. The predicted octanol–water partition coefficient (Wildman–Crippen LogP) is 4.18. The van der Waals surface area contributed by atoms with E-state index in [4.69, 9.17) is 0 Å². The van der Waals surface area contributed by atoms with Gasteiger partial charge in [0.1, 0.15) is 5.75 Å². The molecule has 1 saturated heterocycles. The van der Waals surface area contributed by atoms with Crippen molar-refractivity contribution in [1.82, 2.24) is 10.2 Å². The van der Waals surface area contributed by atoms with Crippen LogP contribution in [0.4, 0.5) is 13.2 Å². The van der Waals surface area contributed by atoms with Crippen molar-refractivity contribution in [2.75, 3.05) is 26.2 Å². The van der Waals surface area contributed by atoms with Crippen molar-refractivity contribution >= 4 is 22.6 Å². The minimum Gasteiger partial charge on any atom is -0.406 e. The number of nitrogens with one attached hydrogen (secondary N) is 1. The van der Waals surface area contributed by atoms with Crippen molar-refractivity contribution in [3.05, 3.63) is 63.2 Å². The number of benzene rings is 2. The minimum atomic E-state index is -4.67. The van der Waals surface area contributed by atoms with Gasteiger partial charge in [-0.25, -0.2) is 0 Å². The van der Waals surface area contributed by atoms with Crippen molar-refractivity contribution in [3.8, 4) is 5.75 Å². The minimum absolute atomic E-state index is 0.0130. The second kappa shape index (κ2) is 7.92. The van der Waals surface area contributed by atoms with Gasteiger partial charge in [0.05, 0.1) is 6.04 Å². The first-order valence-electron chi connectivity index (χ1n) is 7.98. The maximum atomic E-state index is 12.4. The molecule has 0 aliphatic carbocycles. The summed E-state index contributed by atoms with van der Waals surface area (Å²) in [7, 11) is 0. The van der Waals surface area contributed by atoms with E-state index in [9.17, 15) is 13.2 Å². The molecule has 3 rings (SSSR count). The molecule has 7 heteroatoms. The molecule has 0 saturated carbocycles. The quantitative estimate of drug-likeness (QED) is 0.691. The Balaban J connectivity index is 1.89. The average Bonchev–Trinajstić information content (AvgIpc) is 2.58. The highest BCUT2D eigenvalue weighted by atomic mass is 127. The lowest BCUT2D eigenvalue weighted by atomic mass is 9.96. The van der Waals surface area contributed by atoms with Crippen LogP contribution in [0.3, 0.4) is 0 Å². The lowest BCUT2D eigenvalue weighted by Crippen LogP contribution is -2.45. The Hall–Kier alpha value is -1.32. The first kappa shape index (κ1) is 18.5. The van der Waals surface area contributed by atoms with Gasteiger partial charge < -0.3 is 10.1 Å². The molecule has 25 heavy (non-hydrogen) atoms. The summed E-state index contributed by atoms with van der Waals surface area (Å²) in [6.07, 6.45) is -4.67. The molecular formula is C18H18F3IN2O. The van der Waals surface area contributed by atoms with Crippen molar-refractivity contribution in [2.24, 2.45) is 0 Å². The number of piperazine rings is 1. The van der Waals surface area contributed by atoms with Crippen LogP contribution in [0.15, 0.2) is 48.5 Å². The van der Waals surface area contributed by atoms with Gasteiger partial charge >= 0.3 is 6.36 Å². The fourth-order valence-corrected chi connectivity index (χ4v) is 3.41. The molecule has 0 amide bonds. The number of alkyl halides is 3. The fraction of sp³-hybridized carbons (Fsp3) is 0.333. The van der Waals surface area contributed by atoms with E-state index >= 15 is 0 Å². The van der Waals surface area contributed by atoms with Crippen LogP contribution in [0.25, 0.3) is 0 Å². The van der Waals surface area contributed by atoms with Crippen LogP contribution in [0.1, 0.15) is 17.2 Å². The third-order valence-electron chi connectivity index (χ3n) is 4.13. The summed E-state index contributed by atoms with van der Waals surface area (Å²) in [6, 6.07) is 14.5. The number of nitrogens with zero attached hydrogens (tertiary/aromatic N) is 1. The molecule has 134 valence electrons. The van der Waals surface area contributed by atoms with Crippen molar-refractivity contribution in [1.29, 1.82) is 0 Å². The van der Waals surface area contributed by atoms with Crippen LogP contribution >= 0.6 is 22.6 Å². The van der Waals surface area contributed by atoms with E-state index in [1.165, 1.54) is 12.1 Å². The van der Waals surface area contributed by atoms with Crippen LogP contribution in [0.5, 0.6) is 5.75 Å². The van der Waals surface area contributed by atoms with Gasteiger partial charge in [0, 0.05) is 29.7 Å². The maximum Gasteiger partial charge on any atom is 0.573 e. The molecule has 2 aromatic rings. The van der Waals surface area contributed by atoms with Gasteiger partial charge in [-0.05, 0) is 58.0 Å². The molecule has 1 N–H and O–H groups in total. The molecule has 0 unspecified atom stereocenters. The molecule has 2 aromatic carbocycles. The zero-order valence-electron chi connectivity index (χ0n) is 13.4. The Morgan fingerprint density at radius 2 is 1.44 bits per heavy atom. The van der Waals surface area contributed by atoms with E-state index in [0.717, 1.165) is 40.9 Å². The topological polar surface area (TPSA) is 24.5 Å². The molecule has 0 bridgehead atoms. The van der Waals surface area contributed by atoms with Crippen molar-refractivity contribution in [2.45, 2.75) is 12.4 Å². The molecule has 3 nitrogen and oxygen atoms in total. The Morgan fingerprint density at radius 1 is 0.920 bits per heavy atom. The van der Waals surface area contributed by atoms with Gasteiger partial charge in [-0.3, -0.25) is 4.90 Å². The van der Waals surface area contributed by atoms with Crippen LogP contribution in [0, 0.1) is 3.57 Å². The fourth-order valence-electron chi connectivity index (χ4n) is 3.05. The molecular weight excluding hydrogens is 444 g/mol. The smallest absolute Gasteiger partial charge is 0.406 e. The van der Waals surface area contributed by atoms with E-state index in [2.05, 4.69) is 49.7 Å². The van der Waals surface area contributed by atoms with Gasteiger partial charge in [-0.15, -0.1) is 13.2 Å². The second-order valence-electron chi connectivity index (χ2n) is 5.86. The standard InChI is InChI=1S/C18H18F3IN2O/c19-18(20,21)25-16-7-3-14(4-8-16)17(24-11-9-23-10-12-24)13-1-5-15(22)6-2-13/h1-8,17,23H,9-12H2/t17-/m1/s1. The lowest BCUT2D eigenvalue weighted by Gasteiger charge is -2.35. The van der Waals surface area contributed by atoms with E-state index in [1.54, 1.807) is 12.1 Å². The van der Waals surface area contributed by atoms with Crippen LogP contribution in [-0.2, 0) is 0 Å². The van der Waals surface area contributed by atoms with E-state index in [-0.39, 0.29) is 11.8 Å². The van der Waals surface area contributed by atoms with E-state index < -0.39 is 6.36 Å². The molecule has 0 radical (unpaired) electrons. The summed E-state index contributed by atoms with van der Waals surface area (Å²) in [5, 5.41) is 3.33. The molecule has 0 aromatic heterocycles. The first-order chi connectivity index (χ1) is 11.9. The summed E-state index contributed by atoms with van der Waals surface area (Å²) >= 11 is 2.26. The van der Waals surface area contributed by atoms with Crippen LogP contribution < -0.4 is 10.1 Å². The monoisotopic (exact) mass is 462 g/mol. The summed E-state index contributed by atoms with van der Waals surface area (Å²) < 4.78 is 42.2. The highest BCUT2D eigenvalue weighted by Gasteiger charge is 2.31. The summed E-state index contributed by atoms with van der Waals surface area (Å²) in [5.74, 6) is -0.196. The van der Waals surface area contributed by atoms with Crippen molar-refractivity contribution < 1.29 is 17.9 Å². The lowest BCUT2D eigenvalue weighted by molar-refractivity contribution is -0.274. The average molecular weight is 462 g/mol. The number of halogens is 4. The van der Waals surface area contributed by atoms with Crippen LogP contribution in [0.2, 0.25) is 0 Å². The molecule has 1 heterocycles. The highest BCUT2D eigenvalue weighted by Crippen LogP contribution is 2.31. The number of rotatable bonds is 4. The SMILES string of the molecule is FC(F)(F)Oc1ccc([C@@H](c2ccc(I)cc2)N2CCNCC2)cc1. The molecule has 1 aliphatic heterocycles. The van der Waals surface area contributed by atoms with Gasteiger partial charge in [-0.2, -0.15) is 0 Å². The zero-order valence-corrected chi connectivity index (χ0v) is 15.5. The van der Waals surface area contributed by atoms with E-state index in [0.29, 0.717) is 0 Å². The summed E-state index contributed by atoms with van der Waals surface area (Å²) in [5.41, 5.74) is 2.09. The largest absolute Gasteiger partial charge is 0.573 e. The molecule has 1 aliphatic rings. The normalized spacial score (nSPS) is 17.3. The van der Waals surface area contributed by atoms with Gasteiger partial charge in [0.25, 0.3) is 0 Å². The molecule has 0 spiro atoms. The van der Waals surface area contributed by atoms with E-state index in [1.807, 2.05) is 12.1 Å². The van der Waals surface area contributed by atoms with Gasteiger partial charge in [-0.1, -0.05) is 24.3 Å². The number of hydrogen-bond donors (Lipinski definition) is 1. The third kappa shape index (κ3) is 5.08. The Kier molecular flexibility index (Phi) is 5.85. The Bertz CT molecular complexity index is 683. The van der Waals surface area contributed by atoms with Gasteiger partial charge in [0.2, 0.25) is 0 Å². The molecule has 1 fully saturated rings. The summed E-state index contributed by atoms with van der Waals surface area (Å²) in [6.45, 7) is 3.57. The third-order valence-corrected chi connectivity index (χ3v) is 4.85. The van der Waals surface area contributed by atoms with Gasteiger partial charge in [0.15, 0.2) is 0 Å². The number of ether oxygens (including phenoxy) is 1. The molecule has 1 atom stereocenters.